The van der Waals surface area contributed by atoms with Crippen LogP contribution in [0.25, 0.3) is 0 Å². The Kier molecular flexibility index (Phi) is 3.41. The van der Waals surface area contributed by atoms with Gasteiger partial charge in [0.2, 0.25) is 0 Å². The molecular formula is C18H20N4O. The number of pyridine rings is 1. The van der Waals surface area contributed by atoms with Gasteiger partial charge < -0.3 is 15.5 Å². The molecule has 1 aromatic carbocycles. The summed E-state index contributed by atoms with van der Waals surface area (Å²) < 4.78 is 0. The van der Waals surface area contributed by atoms with E-state index in [0.717, 1.165) is 30.6 Å². The largest absolute Gasteiger partial charge is 0.384 e. The zero-order chi connectivity index (χ0) is 15.8. The lowest BCUT2D eigenvalue weighted by Gasteiger charge is -2.43. The van der Waals surface area contributed by atoms with Crippen LogP contribution >= 0.6 is 0 Å². The lowest BCUT2D eigenvalue weighted by molar-refractivity contribution is 0.112. The molecule has 1 aromatic heterocycles. The molecule has 0 amide bonds. The molecule has 2 aliphatic heterocycles. The number of nitrogen functional groups attached to an aromatic ring is 1. The minimum atomic E-state index is 0.508. The molecule has 2 unspecified atom stereocenters. The van der Waals surface area contributed by atoms with Gasteiger partial charge in [-0.05, 0) is 49.2 Å². The Morgan fingerprint density at radius 3 is 2.22 bits per heavy atom. The Morgan fingerprint density at radius 2 is 1.65 bits per heavy atom. The molecule has 23 heavy (non-hydrogen) atoms. The molecule has 2 aliphatic rings. The number of aldehydes is 1. The number of carbonyl (C=O) groups is 1. The highest BCUT2D eigenvalue weighted by Crippen LogP contribution is 2.36. The second-order valence-corrected chi connectivity index (χ2v) is 6.35. The SMILES string of the molecule is Nc1ccc(N2CC3CCC(C2)N3c2ccc(C=O)cc2)cn1. The van der Waals surface area contributed by atoms with Crippen molar-refractivity contribution in [3.05, 3.63) is 48.2 Å². The number of fused-ring (bicyclic) bond motifs is 2. The van der Waals surface area contributed by atoms with Gasteiger partial charge >= 0.3 is 0 Å². The van der Waals surface area contributed by atoms with Gasteiger partial charge in [-0.25, -0.2) is 4.98 Å². The van der Waals surface area contributed by atoms with Gasteiger partial charge in [0.1, 0.15) is 12.1 Å². The van der Waals surface area contributed by atoms with Gasteiger partial charge in [0.05, 0.1) is 11.9 Å². The number of nitrogens with zero attached hydrogens (tertiary/aromatic N) is 3. The first-order chi connectivity index (χ1) is 11.2. The minimum Gasteiger partial charge on any atom is -0.384 e. The topological polar surface area (TPSA) is 62.5 Å². The Labute approximate surface area is 135 Å². The Hall–Kier alpha value is -2.56. The van der Waals surface area contributed by atoms with Gasteiger partial charge in [-0.1, -0.05) is 0 Å². The Bertz CT molecular complexity index is 684. The van der Waals surface area contributed by atoms with Crippen molar-refractivity contribution in [1.29, 1.82) is 0 Å². The zero-order valence-electron chi connectivity index (χ0n) is 12.9. The maximum Gasteiger partial charge on any atom is 0.150 e. The normalized spacial score (nSPS) is 23.1. The molecule has 2 atom stereocenters. The number of anilines is 3. The van der Waals surface area contributed by atoms with Crippen molar-refractivity contribution in [2.24, 2.45) is 0 Å². The molecule has 3 heterocycles. The molecule has 2 aromatic rings. The third kappa shape index (κ3) is 2.52. The standard InChI is InChI=1S/C18H20N4O/c19-18-8-7-15(9-20-18)21-10-16-5-6-17(11-21)22(16)14-3-1-13(12-23)2-4-14/h1-4,7-9,12,16-17H,5-6,10-11H2,(H2,19,20). The highest BCUT2D eigenvalue weighted by Gasteiger charge is 2.40. The summed E-state index contributed by atoms with van der Waals surface area (Å²) in [5.74, 6) is 0.561. The molecule has 0 spiro atoms. The molecule has 0 saturated carbocycles. The van der Waals surface area contributed by atoms with E-state index in [1.165, 1.54) is 18.5 Å². The van der Waals surface area contributed by atoms with Crippen LogP contribution in [0.4, 0.5) is 17.2 Å². The van der Waals surface area contributed by atoms with Crippen LogP contribution < -0.4 is 15.5 Å². The first kappa shape index (κ1) is 14.1. The Balaban J connectivity index is 1.55. The van der Waals surface area contributed by atoms with Gasteiger partial charge in [-0.15, -0.1) is 0 Å². The molecule has 118 valence electrons. The predicted octanol–water partition coefficient (Wildman–Crippen LogP) is 2.33. The molecule has 2 bridgehead atoms. The third-order valence-electron chi connectivity index (χ3n) is 4.95. The Morgan fingerprint density at radius 1 is 1.00 bits per heavy atom. The summed E-state index contributed by atoms with van der Waals surface area (Å²) in [5.41, 5.74) is 8.78. The summed E-state index contributed by atoms with van der Waals surface area (Å²) in [5, 5.41) is 0. The van der Waals surface area contributed by atoms with E-state index in [9.17, 15) is 4.79 Å². The number of aromatic nitrogens is 1. The first-order valence-corrected chi connectivity index (χ1v) is 8.04. The van der Waals surface area contributed by atoms with Crippen LogP contribution in [0.2, 0.25) is 0 Å². The fourth-order valence-corrected chi connectivity index (χ4v) is 3.84. The van der Waals surface area contributed by atoms with Gasteiger partial charge in [-0.3, -0.25) is 4.79 Å². The average molecular weight is 308 g/mol. The van der Waals surface area contributed by atoms with Crippen molar-refractivity contribution in [3.63, 3.8) is 0 Å². The molecular weight excluding hydrogens is 288 g/mol. The molecule has 2 N–H and O–H groups in total. The number of rotatable bonds is 3. The van der Waals surface area contributed by atoms with Crippen LogP contribution in [0.5, 0.6) is 0 Å². The summed E-state index contributed by atoms with van der Waals surface area (Å²) in [6, 6.07) is 12.9. The number of benzene rings is 1. The monoisotopic (exact) mass is 308 g/mol. The lowest BCUT2D eigenvalue weighted by Crippen LogP contribution is -2.54. The first-order valence-electron chi connectivity index (χ1n) is 8.04. The van der Waals surface area contributed by atoms with Gasteiger partial charge in [0.15, 0.2) is 0 Å². The number of hydrogen-bond donors (Lipinski definition) is 1. The van der Waals surface area contributed by atoms with Crippen molar-refractivity contribution in [3.8, 4) is 0 Å². The summed E-state index contributed by atoms with van der Waals surface area (Å²) >= 11 is 0. The van der Waals surface area contributed by atoms with E-state index in [4.69, 9.17) is 5.73 Å². The van der Waals surface area contributed by atoms with E-state index in [1.807, 2.05) is 24.4 Å². The van der Waals surface area contributed by atoms with Crippen molar-refractivity contribution >= 4 is 23.5 Å². The summed E-state index contributed by atoms with van der Waals surface area (Å²) in [7, 11) is 0. The minimum absolute atomic E-state index is 0.508. The van der Waals surface area contributed by atoms with E-state index < -0.39 is 0 Å². The van der Waals surface area contributed by atoms with Crippen molar-refractivity contribution in [1.82, 2.24) is 4.98 Å². The maximum absolute atomic E-state index is 10.8. The molecule has 4 rings (SSSR count). The zero-order valence-corrected chi connectivity index (χ0v) is 12.9. The summed E-state index contributed by atoms with van der Waals surface area (Å²) in [4.78, 5) is 20.0. The average Bonchev–Trinajstić information content (AvgIpc) is 2.85. The van der Waals surface area contributed by atoms with Crippen LogP contribution in [0, 0.1) is 0 Å². The summed E-state index contributed by atoms with van der Waals surface area (Å²) in [6.07, 6.45) is 5.17. The van der Waals surface area contributed by atoms with Crippen LogP contribution in [0.3, 0.4) is 0 Å². The third-order valence-corrected chi connectivity index (χ3v) is 4.95. The number of piperazine rings is 1. The highest BCUT2D eigenvalue weighted by atomic mass is 16.1. The van der Waals surface area contributed by atoms with Crippen LogP contribution in [-0.2, 0) is 0 Å². The molecule has 5 nitrogen and oxygen atoms in total. The molecule has 0 aliphatic carbocycles. The van der Waals surface area contributed by atoms with Crippen molar-refractivity contribution in [2.45, 2.75) is 24.9 Å². The van der Waals surface area contributed by atoms with E-state index in [1.54, 1.807) is 0 Å². The van der Waals surface area contributed by atoms with Crippen LogP contribution in [-0.4, -0.2) is 36.4 Å². The van der Waals surface area contributed by atoms with Gasteiger partial charge in [0, 0.05) is 36.4 Å². The lowest BCUT2D eigenvalue weighted by atomic mass is 10.1. The molecule has 2 saturated heterocycles. The number of hydrogen-bond acceptors (Lipinski definition) is 5. The van der Waals surface area contributed by atoms with E-state index in [2.05, 4.69) is 33.0 Å². The summed E-state index contributed by atoms with van der Waals surface area (Å²) in [6.45, 7) is 2.00. The van der Waals surface area contributed by atoms with Crippen LogP contribution in [0.15, 0.2) is 42.6 Å². The van der Waals surface area contributed by atoms with Crippen molar-refractivity contribution < 1.29 is 4.79 Å². The fraction of sp³-hybridized carbons (Fsp3) is 0.333. The van der Waals surface area contributed by atoms with Gasteiger partial charge in [-0.2, -0.15) is 0 Å². The highest BCUT2D eigenvalue weighted by molar-refractivity contribution is 5.76. The van der Waals surface area contributed by atoms with E-state index in [0.29, 0.717) is 17.9 Å². The number of carbonyl (C=O) groups excluding carboxylic acids is 1. The molecule has 2 fully saturated rings. The van der Waals surface area contributed by atoms with E-state index in [-0.39, 0.29) is 0 Å². The predicted molar refractivity (Wildman–Crippen MR) is 92.0 cm³/mol. The van der Waals surface area contributed by atoms with Gasteiger partial charge in [0.25, 0.3) is 0 Å². The fourth-order valence-electron chi connectivity index (χ4n) is 3.84. The quantitative estimate of drug-likeness (QED) is 0.882. The van der Waals surface area contributed by atoms with Crippen molar-refractivity contribution in [2.75, 3.05) is 28.6 Å². The van der Waals surface area contributed by atoms with Crippen LogP contribution in [0.1, 0.15) is 23.2 Å². The smallest absolute Gasteiger partial charge is 0.150 e. The second-order valence-electron chi connectivity index (χ2n) is 6.35. The number of nitrogens with two attached hydrogens (primary N) is 1. The molecule has 5 heteroatoms. The second kappa shape index (κ2) is 5.57. The maximum atomic E-state index is 10.8. The molecule has 0 radical (unpaired) electrons. The van der Waals surface area contributed by atoms with E-state index >= 15 is 0 Å².